The highest BCUT2D eigenvalue weighted by atomic mass is 19.4. The molecule has 0 atom stereocenters. The maximum atomic E-state index is 13.7. The summed E-state index contributed by atoms with van der Waals surface area (Å²) in [5.74, 6) is 1.57. The van der Waals surface area contributed by atoms with E-state index < -0.39 is 17.2 Å². The number of carbonyl (C=O) groups excluding carboxylic acids is 1. The Kier molecular flexibility index (Phi) is 5.07. The highest BCUT2D eigenvalue weighted by Crippen LogP contribution is 2.51. The lowest BCUT2D eigenvalue weighted by Gasteiger charge is -2.17. The Bertz CT molecular complexity index is 1230. The van der Waals surface area contributed by atoms with Crippen LogP contribution in [0.4, 0.5) is 13.2 Å². The molecular weight excluding hydrogens is 433 g/mol. The van der Waals surface area contributed by atoms with E-state index in [1.54, 1.807) is 42.5 Å². The van der Waals surface area contributed by atoms with Crippen molar-refractivity contribution in [3.8, 4) is 28.4 Å². The standard InChI is InChI=1S/C26H21F3O4/c1-31-21-5-3-2-4-20(21)17-10-16(11-19(13-17)26(27,28)29)12-24(30)25(8-9-25)18-6-7-22-23(14-18)33-15-32-22/h2-7,10-11,13-14H,8-9,12,15H2,1H3. The monoisotopic (exact) mass is 454 g/mol. The Morgan fingerprint density at radius 3 is 2.48 bits per heavy atom. The molecule has 3 aromatic rings. The molecule has 0 bridgehead atoms. The Labute approximate surface area is 188 Å². The summed E-state index contributed by atoms with van der Waals surface area (Å²) in [4.78, 5) is 13.4. The maximum absolute atomic E-state index is 13.7. The third-order valence-electron chi connectivity index (χ3n) is 6.31. The van der Waals surface area contributed by atoms with Crippen molar-refractivity contribution in [2.24, 2.45) is 0 Å². The summed E-state index contributed by atoms with van der Waals surface area (Å²) in [5, 5.41) is 0. The molecule has 1 aliphatic carbocycles. The number of methoxy groups -OCH3 is 1. The van der Waals surface area contributed by atoms with E-state index in [-0.39, 0.29) is 19.0 Å². The number of ether oxygens (including phenoxy) is 3. The van der Waals surface area contributed by atoms with Crippen molar-refractivity contribution in [1.82, 2.24) is 0 Å². The van der Waals surface area contributed by atoms with Gasteiger partial charge in [-0.05, 0) is 59.9 Å². The molecule has 0 aromatic heterocycles. The summed E-state index contributed by atoms with van der Waals surface area (Å²) in [5.41, 5.74) is 0.549. The number of carbonyl (C=O) groups is 1. The largest absolute Gasteiger partial charge is 0.496 e. The quantitative estimate of drug-likeness (QED) is 0.462. The molecule has 4 nitrogen and oxygen atoms in total. The minimum absolute atomic E-state index is 0.0967. The van der Waals surface area contributed by atoms with Crippen LogP contribution < -0.4 is 14.2 Å². The minimum Gasteiger partial charge on any atom is -0.496 e. The first-order valence-electron chi connectivity index (χ1n) is 10.6. The number of ketones is 1. The summed E-state index contributed by atoms with van der Waals surface area (Å²) in [7, 11) is 1.47. The van der Waals surface area contributed by atoms with E-state index in [2.05, 4.69) is 0 Å². The molecule has 1 fully saturated rings. The number of halogens is 3. The second kappa shape index (κ2) is 7.83. The normalized spacial score (nSPS) is 15.9. The van der Waals surface area contributed by atoms with E-state index in [9.17, 15) is 18.0 Å². The lowest BCUT2D eigenvalue weighted by Crippen LogP contribution is -2.22. The van der Waals surface area contributed by atoms with Crippen molar-refractivity contribution in [3.63, 3.8) is 0 Å². The van der Waals surface area contributed by atoms with E-state index in [4.69, 9.17) is 14.2 Å². The fourth-order valence-corrected chi connectivity index (χ4v) is 4.40. The number of alkyl halides is 3. The zero-order chi connectivity index (χ0) is 23.2. The third-order valence-corrected chi connectivity index (χ3v) is 6.31. The molecule has 3 aromatic carbocycles. The average Bonchev–Trinajstić information content (AvgIpc) is 3.49. The van der Waals surface area contributed by atoms with E-state index >= 15 is 0 Å². The van der Waals surface area contributed by atoms with Crippen LogP contribution in [0.5, 0.6) is 17.2 Å². The van der Waals surface area contributed by atoms with Gasteiger partial charge in [-0.25, -0.2) is 0 Å². The molecule has 2 aliphatic rings. The van der Waals surface area contributed by atoms with Gasteiger partial charge in [-0.1, -0.05) is 30.3 Å². The third kappa shape index (κ3) is 3.92. The van der Waals surface area contributed by atoms with Crippen LogP contribution in [-0.4, -0.2) is 19.7 Å². The molecule has 1 heterocycles. The number of Topliss-reactive ketones (excluding diaryl/α,β-unsaturated/α-hetero) is 1. The van der Waals surface area contributed by atoms with Gasteiger partial charge in [-0.2, -0.15) is 13.2 Å². The Hall–Kier alpha value is -3.48. The predicted octanol–water partition coefficient (Wildman–Crippen LogP) is 5.95. The number of rotatable bonds is 6. The van der Waals surface area contributed by atoms with E-state index in [1.165, 1.54) is 7.11 Å². The van der Waals surface area contributed by atoms with Gasteiger partial charge in [0.05, 0.1) is 18.1 Å². The number of fused-ring (bicyclic) bond motifs is 1. The number of hydrogen-bond acceptors (Lipinski definition) is 4. The molecule has 0 unspecified atom stereocenters. The summed E-state index contributed by atoms with van der Waals surface area (Å²) in [6.45, 7) is 0.135. The van der Waals surface area contributed by atoms with Crippen LogP contribution in [0.3, 0.4) is 0 Å². The average molecular weight is 454 g/mol. The Morgan fingerprint density at radius 1 is 1.00 bits per heavy atom. The molecule has 1 aliphatic heterocycles. The van der Waals surface area contributed by atoms with E-state index in [0.717, 1.165) is 17.7 Å². The highest BCUT2D eigenvalue weighted by molar-refractivity contribution is 5.95. The SMILES string of the molecule is COc1ccccc1-c1cc(CC(=O)C2(c3ccc4c(c3)OCO4)CC2)cc(C(F)(F)F)c1. The molecule has 0 N–H and O–H groups in total. The molecule has 33 heavy (non-hydrogen) atoms. The lowest BCUT2D eigenvalue weighted by molar-refractivity contribution is -0.137. The van der Waals surface area contributed by atoms with Gasteiger partial charge in [0.1, 0.15) is 11.5 Å². The fourth-order valence-electron chi connectivity index (χ4n) is 4.40. The molecule has 0 spiro atoms. The first-order valence-corrected chi connectivity index (χ1v) is 10.6. The van der Waals surface area contributed by atoms with Crippen LogP contribution in [0.25, 0.3) is 11.1 Å². The number of hydrogen-bond donors (Lipinski definition) is 0. The first-order chi connectivity index (χ1) is 15.8. The zero-order valence-corrected chi connectivity index (χ0v) is 17.9. The molecule has 5 rings (SSSR count). The molecule has 7 heteroatoms. The number of para-hydroxylation sites is 1. The van der Waals surface area contributed by atoms with Crippen molar-refractivity contribution in [2.45, 2.75) is 30.9 Å². The lowest BCUT2D eigenvalue weighted by atomic mass is 9.86. The van der Waals surface area contributed by atoms with E-state index in [0.29, 0.717) is 46.8 Å². The molecule has 1 saturated carbocycles. The second-order valence-electron chi connectivity index (χ2n) is 8.37. The fraction of sp³-hybridized carbons (Fsp3) is 0.269. The zero-order valence-electron chi connectivity index (χ0n) is 17.9. The van der Waals surface area contributed by atoms with Gasteiger partial charge in [0.2, 0.25) is 6.79 Å². The molecule has 0 radical (unpaired) electrons. The van der Waals surface area contributed by atoms with Crippen LogP contribution in [0, 0.1) is 0 Å². The summed E-state index contributed by atoms with van der Waals surface area (Å²) in [6.07, 6.45) is -3.32. The van der Waals surface area contributed by atoms with Gasteiger partial charge in [-0.3, -0.25) is 4.79 Å². The van der Waals surface area contributed by atoms with Crippen molar-refractivity contribution >= 4 is 5.78 Å². The first kappa shape index (κ1) is 21.4. The Balaban J connectivity index is 1.49. The van der Waals surface area contributed by atoms with Crippen LogP contribution in [0.15, 0.2) is 60.7 Å². The highest BCUT2D eigenvalue weighted by Gasteiger charge is 2.51. The van der Waals surface area contributed by atoms with Crippen LogP contribution in [0.2, 0.25) is 0 Å². The van der Waals surface area contributed by atoms with Gasteiger partial charge >= 0.3 is 6.18 Å². The van der Waals surface area contributed by atoms with Crippen molar-refractivity contribution in [2.75, 3.05) is 13.9 Å². The van der Waals surface area contributed by atoms with Gasteiger partial charge in [0.15, 0.2) is 11.5 Å². The summed E-state index contributed by atoms with van der Waals surface area (Å²) < 4.78 is 57.1. The topological polar surface area (TPSA) is 44.8 Å². The van der Waals surface area contributed by atoms with Crippen molar-refractivity contribution < 1.29 is 32.2 Å². The van der Waals surface area contributed by atoms with Crippen LogP contribution >= 0.6 is 0 Å². The Morgan fingerprint density at radius 2 is 1.76 bits per heavy atom. The predicted molar refractivity (Wildman–Crippen MR) is 116 cm³/mol. The van der Waals surface area contributed by atoms with Crippen molar-refractivity contribution in [1.29, 1.82) is 0 Å². The molecule has 0 saturated heterocycles. The molecule has 0 amide bonds. The van der Waals surface area contributed by atoms with Gasteiger partial charge in [0.25, 0.3) is 0 Å². The summed E-state index contributed by atoms with van der Waals surface area (Å²) >= 11 is 0. The minimum atomic E-state index is -4.54. The molecular formula is C26H21F3O4. The van der Waals surface area contributed by atoms with Crippen LogP contribution in [0.1, 0.15) is 29.5 Å². The van der Waals surface area contributed by atoms with E-state index in [1.807, 2.05) is 6.07 Å². The van der Waals surface area contributed by atoms with Crippen molar-refractivity contribution in [3.05, 3.63) is 77.4 Å². The van der Waals surface area contributed by atoms with Gasteiger partial charge < -0.3 is 14.2 Å². The maximum Gasteiger partial charge on any atom is 0.416 e. The number of benzene rings is 3. The smallest absolute Gasteiger partial charge is 0.416 e. The van der Waals surface area contributed by atoms with Gasteiger partial charge in [0, 0.05) is 12.0 Å². The molecule has 170 valence electrons. The second-order valence-corrected chi connectivity index (χ2v) is 8.37. The summed E-state index contributed by atoms with van der Waals surface area (Å²) in [6, 6.07) is 16.1. The van der Waals surface area contributed by atoms with Gasteiger partial charge in [-0.15, -0.1) is 0 Å². The van der Waals surface area contributed by atoms with Crippen LogP contribution in [-0.2, 0) is 22.8 Å².